The zero-order valence-corrected chi connectivity index (χ0v) is 28.2. The van der Waals surface area contributed by atoms with E-state index in [9.17, 15) is 43.2 Å². The van der Waals surface area contributed by atoms with Crippen LogP contribution in [0, 0.1) is 39.9 Å². The molecule has 42 heavy (non-hydrogen) atoms. The molecule has 0 amide bonds. The Hall–Kier alpha value is -0.555. The summed E-state index contributed by atoms with van der Waals surface area (Å²) in [6.45, 7) is 3.40. The molecule has 245 valence electrons. The van der Waals surface area contributed by atoms with Gasteiger partial charge in [0.15, 0.2) is 0 Å². The maximum atomic E-state index is 13.1. The topological polar surface area (TPSA) is 191 Å². The minimum absolute atomic E-state index is 0. The van der Waals surface area contributed by atoms with Crippen molar-refractivity contribution >= 4 is 27.9 Å². The van der Waals surface area contributed by atoms with Crippen LogP contribution in [-0.4, -0.2) is 152 Å². The van der Waals surface area contributed by atoms with Crippen molar-refractivity contribution in [3.05, 3.63) is 0 Å². The maximum absolute atomic E-state index is 13.1. The van der Waals surface area contributed by atoms with Crippen LogP contribution >= 0.6 is 0 Å². The van der Waals surface area contributed by atoms with Crippen LogP contribution in [0.5, 0.6) is 0 Å². The van der Waals surface area contributed by atoms with Crippen molar-refractivity contribution in [2.45, 2.75) is 64.6 Å². The minimum atomic E-state index is -3.83. The molecule has 0 aromatic heterocycles. The Labute approximate surface area is 282 Å². The Kier molecular flexibility index (Phi) is 21.7. The van der Waals surface area contributed by atoms with Crippen LogP contribution in [0.25, 0.3) is 0 Å². The standard InChI is InChI=1S/C26H51N5O9S.Gd/c1-4-5-6-7-8-9-10-31(41(3,39)40)23-18-29(17-22(2)32)14-13-27(19-24(33)34)11-12-28(20-25(35)36)15-16-30(23)21-26(37)38;/h22-23,32H,4-21H2,1-3H3,(H,33,34)(H,35,36)(H,37,38);/q;+3/p-3. The third-order valence-electron chi connectivity index (χ3n) is 7.06. The van der Waals surface area contributed by atoms with Gasteiger partial charge in [0, 0.05) is 78.5 Å². The van der Waals surface area contributed by atoms with Crippen LogP contribution in [0.15, 0.2) is 0 Å². The van der Waals surface area contributed by atoms with E-state index in [1.807, 2.05) is 0 Å². The largest absolute Gasteiger partial charge is 3.00 e. The van der Waals surface area contributed by atoms with Crippen molar-refractivity contribution in [3.8, 4) is 0 Å². The molecule has 1 heterocycles. The van der Waals surface area contributed by atoms with E-state index in [-0.39, 0.29) is 98.8 Å². The number of rotatable bonds is 17. The fourth-order valence-corrected chi connectivity index (χ4v) is 6.18. The molecule has 1 N–H and O–H groups in total. The molecule has 1 rings (SSSR count). The summed E-state index contributed by atoms with van der Waals surface area (Å²) in [4.78, 5) is 41.0. The molecular formula is C26H48GdN5O9S. The molecule has 0 bridgehead atoms. The number of aliphatic hydroxyl groups is 1. The van der Waals surface area contributed by atoms with Gasteiger partial charge in [-0.1, -0.05) is 39.0 Å². The molecule has 0 aromatic carbocycles. The average molecular weight is 764 g/mol. The van der Waals surface area contributed by atoms with Gasteiger partial charge in [0.1, 0.15) is 0 Å². The molecule has 1 radical (unpaired) electrons. The predicted octanol–water partition coefficient (Wildman–Crippen LogP) is -4.21. The van der Waals surface area contributed by atoms with Crippen LogP contribution in [0.3, 0.4) is 0 Å². The molecule has 1 saturated heterocycles. The molecule has 1 aliphatic rings. The Bertz CT molecular complexity index is 913. The summed E-state index contributed by atoms with van der Waals surface area (Å²) >= 11 is 0. The number of carboxylic acid groups (broad SMARTS) is 3. The van der Waals surface area contributed by atoms with E-state index >= 15 is 0 Å². The summed E-state index contributed by atoms with van der Waals surface area (Å²) in [5, 5.41) is 44.8. The van der Waals surface area contributed by atoms with E-state index in [4.69, 9.17) is 0 Å². The van der Waals surface area contributed by atoms with Crippen molar-refractivity contribution in [2.24, 2.45) is 0 Å². The number of hydrogen-bond acceptors (Lipinski definition) is 13. The molecule has 1 fully saturated rings. The normalized spacial score (nSPS) is 19.9. The summed E-state index contributed by atoms with van der Waals surface area (Å²) in [7, 11) is -3.83. The summed E-state index contributed by atoms with van der Waals surface area (Å²) < 4.78 is 27.5. The van der Waals surface area contributed by atoms with Crippen molar-refractivity contribution in [2.75, 3.05) is 84.8 Å². The molecule has 14 nitrogen and oxygen atoms in total. The summed E-state index contributed by atoms with van der Waals surface area (Å²) in [6.07, 6.45) is 4.82. The van der Waals surface area contributed by atoms with Gasteiger partial charge < -0.3 is 34.8 Å². The quantitative estimate of drug-likeness (QED) is 0.141. The van der Waals surface area contributed by atoms with Gasteiger partial charge in [0.05, 0.1) is 36.4 Å². The van der Waals surface area contributed by atoms with Crippen molar-refractivity contribution in [3.63, 3.8) is 0 Å². The molecule has 0 spiro atoms. The van der Waals surface area contributed by atoms with Gasteiger partial charge in [-0.25, -0.2) is 8.42 Å². The SMILES string of the molecule is CCCCCCCCN(C1CN(CC(C)O)CCN(CC(=O)[O-])CCN(CC(=O)[O-])CCN1CC(=O)[O-])S(C)(=O)=O.[Gd+3]. The second-order valence-electron chi connectivity index (χ2n) is 10.9. The number of carbonyl (C=O) groups excluding carboxylic acids is 3. The zero-order valence-electron chi connectivity index (χ0n) is 25.1. The molecule has 16 heteroatoms. The fraction of sp³-hybridized carbons (Fsp3) is 0.885. The van der Waals surface area contributed by atoms with Crippen LogP contribution in [0.2, 0.25) is 0 Å². The molecule has 1 aliphatic heterocycles. The molecule has 0 aromatic rings. The number of nitrogens with zero attached hydrogens (tertiary/aromatic N) is 5. The van der Waals surface area contributed by atoms with Crippen molar-refractivity contribution in [1.29, 1.82) is 0 Å². The van der Waals surface area contributed by atoms with Crippen molar-refractivity contribution < 1.29 is 83.2 Å². The second kappa shape index (κ2) is 22.0. The first-order valence-electron chi connectivity index (χ1n) is 14.4. The Morgan fingerprint density at radius 1 is 0.810 bits per heavy atom. The van der Waals surface area contributed by atoms with E-state index in [1.165, 1.54) is 14.1 Å². The molecular weight excluding hydrogens is 716 g/mol. The Morgan fingerprint density at radius 3 is 1.71 bits per heavy atom. The zero-order chi connectivity index (χ0) is 31.0. The number of sulfonamides is 1. The Balaban J connectivity index is 0.0000168. The predicted molar refractivity (Wildman–Crippen MR) is 146 cm³/mol. The minimum Gasteiger partial charge on any atom is -0.549 e. The van der Waals surface area contributed by atoms with Crippen LogP contribution in [0.1, 0.15) is 52.4 Å². The summed E-state index contributed by atoms with van der Waals surface area (Å²) in [5.41, 5.74) is 0. The number of carbonyl (C=O) groups is 3. The second-order valence-corrected chi connectivity index (χ2v) is 12.8. The Morgan fingerprint density at radius 2 is 1.26 bits per heavy atom. The van der Waals surface area contributed by atoms with E-state index in [0.717, 1.165) is 38.4 Å². The van der Waals surface area contributed by atoms with Crippen LogP contribution in [0.4, 0.5) is 0 Å². The van der Waals surface area contributed by atoms with E-state index in [2.05, 4.69) is 6.92 Å². The molecule has 0 aliphatic carbocycles. The fourth-order valence-electron chi connectivity index (χ4n) is 5.07. The smallest absolute Gasteiger partial charge is 0.549 e. The maximum Gasteiger partial charge on any atom is 3.00 e. The number of unbranched alkanes of at least 4 members (excludes halogenated alkanes) is 5. The number of aliphatic carboxylic acids is 3. The van der Waals surface area contributed by atoms with E-state index in [0.29, 0.717) is 6.42 Å². The number of hydrogen-bond donors (Lipinski definition) is 1. The third-order valence-corrected chi connectivity index (χ3v) is 8.34. The van der Waals surface area contributed by atoms with Gasteiger partial charge in [-0.3, -0.25) is 19.6 Å². The number of β-amino-alcohol motifs (C(OH)–C–C–N with tert-alkyl or cyclic N) is 1. The molecule has 0 saturated carbocycles. The van der Waals surface area contributed by atoms with Gasteiger partial charge in [-0.2, -0.15) is 4.31 Å². The monoisotopic (exact) mass is 764 g/mol. The number of carboxylic acids is 3. The van der Waals surface area contributed by atoms with E-state index < -0.39 is 59.8 Å². The van der Waals surface area contributed by atoms with Gasteiger partial charge in [0.25, 0.3) is 0 Å². The average Bonchev–Trinajstić information content (AvgIpc) is 2.83. The van der Waals surface area contributed by atoms with Crippen molar-refractivity contribution in [1.82, 2.24) is 23.9 Å². The first-order valence-corrected chi connectivity index (χ1v) is 16.2. The van der Waals surface area contributed by atoms with Gasteiger partial charge in [-0.15, -0.1) is 0 Å². The van der Waals surface area contributed by atoms with E-state index in [1.54, 1.807) is 16.7 Å². The summed E-state index contributed by atoms with van der Waals surface area (Å²) in [6, 6.07) is 0. The first-order chi connectivity index (χ1) is 19.2. The van der Waals surface area contributed by atoms with Gasteiger partial charge >= 0.3 is 39.9 Å². The molecule has 2 unspecified atom stereocenters. The molecule has 2 atom stereocenters. The first kappa shape index (κ1) is 41.4. The van der Waals surface area contributed by atoms with Gasteiger partial charge in [0.2, 0.25) is 10.0 Å². The third kappa shape index (κ3) is 18.3. The van der Waals surface area contributed by atoms with Crippen LogP contribution in [-0.2, 0) is 24.4 Å². The summed E-state index contributed by atoms with van der Waals surface area (Å²) in [5.74, 6) is -4.06. The number of aliphatic hydroxyl groups excluding tert-OH is 1. The van der Waals surface area contributed by atoms with Gasteiger partial charge in [-0.05, 0) is 13.3 Å². The van der Waals surface area contributed by atoms with Crippen LogP contribution < -0.4 is 15.3 Å².